The Balaban J connectivity index is 1.30. The maximum atomic E-state index is 13.2. The number of aliphatic carboxylic acids is 1. The number of nitrogens with one attached hydrogen (secondary N) is 1. The lowest BCUT2D eigenvalue weighted by molar-refractivity contribution is -0.137. The molecular formula is C26H30N6O5S. The van der Waals surface area contributed by atoms with E-state index in [1.807, 2.05) is 41.5 Å². The van der Waals surface area contributed by atoms with Crippen LogP contribution in [0.1, 0.15) is 23.9 Å². The van der Waals surface area contributed by atoms with Gasteiger partial charge in [0.1, 0.15) is 0 Å². The molecule has 1 aromatic carbocycles. The predicted molar refractivity (Wildman–Crippen MR) is 142 cm³/mol. The van der Waals surface area contributed by atoms with E-state index in [1.54, 1.807) is 11.1 Å². The number of amidine groups is 1. The number of methoxy groups -OCH3 is 1. The number of anilines is 1. The van der Waals surface area contributed by atoms with Gasteiger partial charge in [-0.3, -0.25) is 19.6 Å². The van der Waals surface area contributed by atoms with Crippen LogP contribution in [0.25, 0.3) is 0 Å². The molecule has 4 heterocycles. The fourth-order valence-corrected chi connectivity index (χ4v) is 5.80. The SMILES string of the molecule is COC(=O)C1=C(CN2CCN3C(=O)N(c4cccc(CCC(=O)O)c4)C[C@@H]3C2)NC(c2nccs2)=N[C@H]1C. The quantitative estimate of drug-likeness (QED) is 0.489. The molecule has 0 aliphatic carbocycles. The second-order valence-electron chi connectivity index (χ2n) is 9.54. The topological polar surface area (TPSA) is 128 Å². The summed E-state index contributed by atoms with van der Waals surface area (Å²) in [7, 11) is 1.37. The molecule has 2 amide bonds. The number of benzene rings is 1. The Kier molecular flexibility index (Phi) is 7.43. The zero-order chi connectivity index (χ0) is 26.8. The number of aryl methyl sites for hydroxylation is 1. The Morgan fingerprint density at radius 3 is 2.84 bits per heavy atom. The molecule has 2 saturated heterocycles. The van der Waals surface area contributed by atoms with Crippen molar-refractivity contribution < 1.29 is 24.2 Å². The van der Waals surface area contributed by atoms with E-state index in [2.05, 4.69) is 20.2 Å². The number of ether oxygens (including phenoxy) is 1. The van der Waals surface area contributed by atoms with E-state index >= 15 is 0 Å². The molecule has 0 radical (unpaired) electrons. The fraction of sp³-hybridized carbons (Fsp3) is 0.423. The summed E-state index contributed by atoms with van der Waals surface area (Å²) in [5.41, 5.74) is 2.91. The summed E-state index contributed by atoms with van der Waals surface area (Å²) in [4.78, 5) is 51.8. The number of carbonyl (C=O) groups excluding carboxylic acids is 2. The molecule has 2 N–H and O–H groups in total. The molecule has 5 rings (SSSR count). The van der Waals surface area contributed by atoms with Gasteiger partial charge in [0, 0.05) is 62.1 Å². The number of aromatic nitrogens is 1. The van der Waals surface area contributed by atoms with E-state index < -0.39 is 11.9 Å². The summed E-state index contributed by atoms with van der Waals surface area (Å²) >= 11 is 1.48. The van der Waals surface area contributed by atoms with E-state index in [-0.39, 0.29) is 24.5 Å². The first-order valence-corrected chi connectivity index (χ1v) is 13.4. The average molecular weight is 539 g/mol. The van der Waals surface area contributed by atoms with Crippen LogP contribution in [-0.4, -0.2) is 95.6 Å². The Bertz CT molecular complexity index is 1290. The van der Waals surface area contributed by atoms with Crippen LogP contribution in [0.3, 0.4) is 0 Å². The van der Waals surface area contributed by atoms with Gasteiger partial charge in [-0.25, -0.2) is 14.6 Å². The first-order chi connectivity index (χ1) is 18.3. The average Bonchev–Trinajstić information content (AvgIpc) is 3.55. The number of fused-ring (bicyclic) bond motifs is 1. The molecule has 2 atom stereocenters. The van der Waals surface area contributed by atoms with Crippen molar-refractivity contribution >= 4 is 40.8 Å². The second kappa shape index (κ2) is 10.9. The number of piperazine rings is 1. The lowest BCUT2D eigenvalue weighted by Crippen LogP contribution is -2.53. The fourth-order valence-electron chi connectivity index (χ4n) is 5.22. The van der Waals surface area contributed by atoms with E-state index in [9.17, 15) is 14.4 Å². The van der Waals surface area contributed by atoms with Crippen molar-refractivity contribution in [1.29, 1.82) is 0 Å². The maximum Gasteiger partial charge on any atom is 0.337 e. The van der Waals surface area contributed by atoms with Crippen molar-refractivity contribution in [3.05, 3.63) is 57.7 Å². The second-order valence-corrected chi connectivity index (χ2v) is 10.4. The molecule has 0 saturated carbocycles. The van der Waals surface area contributed by atoms with Gasteiger partial charge < -0.3 is 20.1 Å². The molecule has 38 heavy (non-hydrogen) atoms. The highest BCUT2D eigenvalue weighted by Crippen LogP contribution is 2.28. The van der Waals surface area contributed by atoms with Crippen molar-refractivity contribution in [2.45, 2.75) is 31.8 Å². The first-order valence-electron chi connectivity index (χ1n) is 12.5. The van der Waals surface area contributed by atoms with Crippen LogP contribution >= 0.6 is 11.3 Å². The van der Waals surface area contributed by atoms with E-state index in [1.165, 1.54) is 18.4 Å². The summed E-state index contributed by atoms with van der Waals surface area (Å²) in [6.07, 6.45) is 2.19. The molecule has 1 aromatic heterocycles. The maximum absolute atomic E-state index is 13.2. The van der Waals surface area contributed by atoms with Crippen molar-refractivity contribution in [3.8, 4) is 0 Å². The molecule has 12 heteroatoms. The highest BCUT2D eigenvalue weighted by molar-refractivity contribution is 7.11. The molecule has 2 fully saturated rings. The molecule has 11 nitrogen and oxygen atoms in total. The summed E-state index contributed by atoms with van der Waals surface area (Å²) in [6, 6.07) is 7.11. The third-order valence-electron chi connectivity index (χ3n) is 7.04. The van der Waals surface area contributed by atoms with E-state index in [4.69, 9.17) is 9.84 Å². The summed E-state index contributed by atoms with van der Waals surface area (Å²) < 4.78 is 5.06. The highest BCUT2D eigenvalue weighted by atomic mass is 32.1. The van der Waals surface area contributed by atoms with Crippen molar-refractivity contribution in [1.82, 2.24) is 20.1 Å². The molecule has 0 spiro atoms. The number of nitrogens with zero attached hydrogens (tertiary/aromatic N) is 5. The minimum atomic E-state index is -0.845. The standard InChI is InChI=1S/C26H30N6O5S/c1-16-22(25(35)37-2)20(29-23(28-16)24-27-8-11-38-24)15-30-9-10-31-19(13-30)14-32(26(31)36)18-5-3-4-17(12-18)6-7-21(33)34/h3-5,8,11-12,16,19H,6-7,9-10,13-15H2,1-2H3,(H,28,29)(H,33,34)/t16-,19-/m0/s1. The van der Waals surface area contributed by atoms with Gasteiger partial charge in [0.15, 0.2) is 10.8 Å². The molecule has 3 aliphatic rings. The van der Waals surface area contributed by atoms with E-state index in [0.717, 1.165) is 22.0 Å². The van der Waals surface area contributed by atoms with Crippen molar-refractivity contribution in [3.63, 3.8) is 0 Å². The minimum absolute atomic E-state index is 0.00536. The minimum Gasteiger partial charge on any atom is -0.481 e. The normalized spacial score (nSPS) is 21.7. The Hall–Kier alpha value is -3.77. The third-order valence-corrected chi connectivity index (χ3v) is 7.82. The van der Waals surface area contributed by atoms with Crippen LogP contribution in [0.5, 0.6) is 0 Å². The van der Waals surface area contributed by atoms with E-state index in [0.29, 0.717) is 50.6 Å². The third kappa shape index (κ3) is 5.27. The van der Waals surface area contributed by atoms with Crippen molar-refractivity contribution in [2.75, 3.05) is 44.7 Å². The van der Waals surface area contributed by atoms with Gasteiger partial charge in [-0.2, -0.15) is 0 Å². The molecule has 0 unspecified atom stereocenters. The molecular weight excluding hydrogens is 508 g/mol. The van der Waals surface area contributed by atoms with Gasteiger partial charge in [-0.15, -0.1) is 11.3 Å². The Labute approximate surface area is 224 Å². The Morgan fingerprint density at radius 2 is 2.11 bits per heavy atom. The Morgan fingerprint density at radius 1 is 1.26 bits per heavy atom. The molecule has 2 aromatic rings. The number of esters is 1. The largest absolute Gasteiger partial charge is 0.481 e. The van der Waals surface area contributed by atoms with Gasteiger partial charge in [0.05, 0.1) is 24.8 Å². The van der Waals surface area contributed by atoms with Crippen LogP contribution < -0.4 is 10.2 Å². The number of aliphatic imine (C=N–C) groups is 1. The number of thiazole rings is 1. The number of carbonyl (C=O) groups is 3. The monoisotopic (exact) mass is 538 g/mol. The number of urea groups is 1. The number of hydrogen-bond donors (Lipinski definition) is 2. The zero-order valence-corrected chi connectivity index (χ0v) is 22.1. The lowest BCUT2D eigenvalue weighted by Gasteiger charge is -2.37. The smallest absolute Gasteiger partial charge is 0.337 e. The van der Waals surface area contributed by atoms with Crippen LogP contribution in [0, 0.1) is 0 Å². The molecule has 200 valence electrons. The van der Waals surface area contributed by atoms with Crippen molar-refractivity contribution in [2.24, 2.45) is 4.99 Å². The molecule has 0 bridgehead atoms. The predicted octanol–water partition coefficient (Wildman–Crippen LogP) is 1.95. The zero-order valence-electron chi connectivity index (χ0n) is 21.3. The van der Waals surface area contributed by atoms with Crippen LogP contribution in [-0.2, 0) is 20.7 Å². The number of hydrogen-bond acceptors (Lipinski definition) is 9. The van der Waals surface area contributed by atoms with Gasteiger partial charge >= 0.3 is 18.0 Å². The van der Waals surface area contributed by atoms with Gasteiger partial charge in [-0.05, 0) is 31.0 Å². The number of carboxylic acids is 1. The lowest BCUT2D eigenvalue weighted by atomic mass is 10.0. The summed E-state index contributed by atoms with van der Waals surface area (Å²) in [5, 5.41) is 15.0. The first kappa shape index (κ1) is 25.9. The van der Waals surface area contributed by atoms with Crippen LogP contribution in [0.4, 0.5) is 10.5 Å². The summed E-state index contributed by atoms with van der Waals surface area (Å²) in [5.74, 6) is -0.619. The highest BCUT2D eigenvalue weighted by Gasteiger charge is 2.42. The van der Waals surface area contributed by atoms with Gasteiger partial charge in [-0.1, -0.05) is 12.1 Å². The van der Waals surface area contributed by atoms with Gasteiger partial charge in [0.25, 0.3) is 0 Å². The van der Waals surface area contributed by atoms with Crippen LogP contribution in [0.2, 0.25) is 0 Å². The van der Waals surface area contributed by atoms with Gasteiger partial charge in [0.2, 0.25) is 0 Å². The molecule has 3 aliphatic heterocycles. The van der Waals surface area contributed by atoms with Crippen LogP contribution in [0.15, 0.2) is 52.1 Å². The number of amides is 2. The number of carboxylic acid groups (broad SMARTS) is 1. The summed E-state index contributed by atoms with van der Waals surface area (Å²) in [6.45, 7) is 4.78. The number of rotatable bonds is 8.